The Kier molecular flexibility index (Phi) is 32.9. The number of carbonyl (C=O) groups is 3. The van der Waals surface area contributed by atoms with Crippen LogP contribution >= 0.6 is 0 Å². The minimum atomic E-state index is -0.414. The van der Waals surface area contributed by atoms with Gasteiger partial charge in [-0.05, 0) is 120 Å². The average molecular weight is 1060 g/mol. The van der Waals surface area contributed by atoms with Crippen molar-refractivity contribution >= 4 is 17.7 Å². The van der Waals surface area contributed by atoms with Gasteiger partial charge in [0.05, 0.1) is 26.4 Å². The van der Waals surface area contributed by atoms with E-state index in [1.54, 1.807) is 0 Å². The summed E-state index contributed by atoms with van der Waals surface area (Å²) in [5.74, 6) is 1.10. The maximum Gasteiger partial charge on any atom is 0.407 e. The molecular weight excluding hydrogens is 975 g/mol. The number of ketones is 2. The first-order chi connectivity index (χ1) is 31.9. The number of Topliss-reactive ketones (excluding diaryl/α,β-unsaturated/α-hetero) is 2. The third kappa shape index (κ3) is 25.6. The Morgan fingerprint density at radius 2 is 1.07 bits per heavy atom. The number of aliphatic hydroxyl groups excluding tert-OH is 1. The molecule has 5 saturated carbocycles. The van der Waals surface area contributed by atoms with E-state index < -0.39 is 6.09 Å². The molecule has 0 aliphatic heterocycles. The third-order valence-corrected chi connectivity index (χ3v) is 13.0. The molecule has 0 spiro atoms. The van der Waals surface area contributed by atoms with E-state index in [-0.39, 0.29) is 93.4 Å². The Morgan fingerprint density at radius 3 is 1.49 bits per heavy atom. The van der Waals surface area contributed by atoms with Crippen molar-refractivity contribution in [3.8, 4) is 0 Å². The van der Waals surface area contributed by atoms with Crippen LogP contribution in [0, 0.1) is 17.8 Å². The molecule has 3 aromatic rings. The van der Waals surface area contributed by atoms with E-state index in [2.05, 4.69) is 29.1 Å². The predicted molar refractivity (Wildman–Crippen MR) is 269 cm³/mol. The van der Waals surface area contributed by atoms with Crippen LogP contribution in [0.4, 0.5) is 13.6 Å². The van der Waals surface area contributed by atoms with Crippen molar-refractivity contribution in [1.82, 2.24) is 16.0 Å². The first kappa shape index (κ1) is 63.0. The number of carbonyl (C=O) groups excluding carboxylic acids is 3. The van der Waals surface area contributed by atoms with Crippen molar-refractivity contribution in [3.63, 3.8) is 0 Å². The quantitative estimate of drug-likeness (QED) is 0.0526. The van der Waals surface area contributed by atoms with Gasteiger partial charge >= 0.3 is 6.09 Å². The number of alkyl halides is 2. The molecule has 3 aromatic carbocycles. The van der Waals surface area contributed by atoms with Crippen molar-refractivity contribution < 1.29 is 64.4 Å². The summed E-state index contributed by atoms with van der Waals surface area (Å²) in [6.07, 6.45) is 14.6. The molecular formula is C54H81F2N5O7Pd. The predicted octanol–water partition coefficient (Wildman–Crippen LogP) is 7.72. The van der Waals surface area contributed by atoms with Crippen LogP contribution in [0.5, 0.6) is 0 Å². The van der Waals surface area contributed by atoms with Gasteiger partial charge in [-0.2, -0.15) is 0 Å². The van der Waals surface area contributed by atoms with Gasteiger partial charge in [0.25, 0.3) is 0 Å². The normalized spacial score (nSPS) is 24.1. The van der Waals surface area contributed by atoms with Crippen LogP contribution in [-0.4, -0.2) is 97.0 Å². The van der Waals surface area contributed by atoms with Gasteiger partial charge in [0.2, 0.25) is 0 Å². The maximum absolute atomic E-state index is 12.4. The number of rotatable bonds is 14. The monoisotopic (exact) mass is 1060 g/mol. The summed E-state index contributed by atoms with van der Waals surface area (Å²) in [7, 11) is 0. The smallest absolute Gasteiger partial charge is 0.407 e. The molecule has 0 bridgehead atoms. The molecule has 0 unspecified atom stereocenters. The number of nitrogens with two attached hydrogens (primary N) is 2. The number of aliphatic hydroxyl groups is 1. The van der Waals surface area contributed by atoms with E-state index in [0.29, 0.717) is 37.1 Å². The van der Waals surface area contributed by atoms with Crippen molar-refractivity contribution in [2.75, 3.05) is 33.0 Å². The van der Waals surface area contributed by atoms with Crippen LogP contribution in [0.15, 0.2) is 115 Å². The van der Waals surface area contributed by atoms with Gasteiger partial charge in [-0.15, -0.1) is 0 Å². The summed E-state index contributed by atoms with van der Waals surface area (Å²) >= 11 is 0. The van der Waals surface area contributed by atoms with Crippen LogP contribution in [0.1, 0.15) is 123 Å². The number of hydrogen-bond donors (Lipinski definition) is 6. The average Bonchev–Trinajstić information content (AvgIpc) is 4.22. The molecule has 0 aromatic heterocycles. The second-order valence-electron chi connectivity index (χ2n) is 18.7. The van der Waals surface area contributed by atoms with Crippen LogP contribution in [0.3, 0.4) is 0 Å². The molecule has 8 atom stereocenters. The summed E-state index contributed by atoms with van der Waals surface area (Å²) in [4.78, 5) is 35.2. The standard InChI is InChI=1S/C14H18FNO2.C14H19NO2.C14H17NO.C6H12FN.C6H11N.2H2O.Pd/c15-9-12-6-7-13(8-12)16-14(17)18-10-11-4-2-1-3-5-11;16-10-11-6-7-13(8-11)15-9-14(17)12-4-2-1-3-5-12;1-11-7-8-13(9-11)15-10-14(16)12-5-3-2-4-6-12;7-4-5-1-2-6(8)3-5;1-5-2-3-6(7)4-5;;;/h1-5,12-13H,6-10H2,(H,16,17);1-5,11,13,15-16H,6-10H2;2-6,13,15H,1,7-10H2;5-6H,1-4,8H2;6H,1-4,7H2;2*1H2;/t12-,13-;11-,13-;13-;5-,6-;6-;;;/m00000.../s1. The number of alkyl carbamates (subject to hydrolysis) is 1. The van der Waals surface area contributed by atoms with Gasteiger partial charge in [-0.25, -0.2) is 4.79 Å². The number of benzene rings is 3. The van der Waals surface area contributed by atoms with Crippen LogP contribution in [0.2, 0.25) is 0 Å². The largest absolute Gasteiger partial charge is 0.445 e. The molecule has 12 nitrogen and oxygen atoms in total. The Bertz CT molecular complexity index is 1890. The van der Waals surface area contributed by atoms with Gasteiger partial charge in [-0.3, -0.25) is 18.4 Å². The molecule has 69 heavy (non-hydrogen) atoms. The first-order valence-electron chi connectivity index (χ1n) is 24.1. The van der Waals surface area contributed by atoms with Crippen molar-refractivity contribution in [1.29, 1.82) is 0 Å². The number of hydrogen-bond acceptors (Lipinski definition) is 9. The van der Waals surface area contributed by atoms with E-state index >= 15 is 0 Å². The Labute approximate surface area is 423 Å². The molecule has 1 amide bonds. The Hall–Kier alpha value is -4.01. The van der Waals surface area contributed by atoms with E-state index in [9.17, 15) is 23.2 Å². The maximum atomic E-state index is 12.4. The van der Waals surface area contributed by atoms with Crippen LogP contribution in [-0.2, 0) is 31.8 Å². The minimum Gasteiger partial charge on any atom is -0.445 e. The Morgan fingerprint density at radius 1 is 0.594 bits per heavy atom. The fourth-order valence-electron chi connectivity index (χ4n) is 8.95. The summed E-state index contributed by atoms with van der Waals surface area (Å²) in [5.41, 5.74) is 16.2. The fraction of sp³-hybridized carbons (Fsp3) is 0.537. The van der Waals surface area contributed by atoms with Crippen molar-refractivity contribution in [2.45, 2.75) is 133 Å². The van der Waals surface area contributed by atoms with Gasteiger partial charge in [0, 0.05) is 68.4 Å². The zero-order valence-corrected chi connectivity index (χ0v) is 41.9. The fourth-order valence-corrected chi connectivity index (χ4v) is 8.95. The van der Waals surface area contributed by atoms with Crippen molar-refractivity contribution in [3.05, 3.63) is 132 Å². The summed E-state index contributed by atoms with van der Waals surface area (Å²) in [6, 6.07) is 29.9. The van der Waals surface area contributed by atoms with E-state index in [4.69, 9.17) is 21.3 Å². The van der Waals surface area contributed by atoms with E-state index in [1.165, 1.54) is 11.1 Å². The van der Waals surface area contributed by atoms with Crippen molar-refractivity contribution in [2.24, 2.45) is 29.2 Å². The number of halogens is 2. The number of nitrogens with one attached hydrogen (secondary N) is 3. The minimum absolute atomic E-state index is 0. The second kappa shape index (κ2) is 36.0. The Balaban J connectivity index is 0.000000443. The van der Waals surface area contributed by atoms with E-state index in [1.807, 2.05) is 91.0 Å². The molecule has 0 heterocycles. The SMILES string of the molecule is C=C1CC[C@H](N)C1.C=C1CC[C@H](NCC(=O)c2ccccc2)C1.N[C@H]1CC[C@H](CF)C1.O.O.O=C(CN[C@H]1CC[C@H](CO)C1)c1ccccc1.O=C(N[C@H]1CC[C@H](CF)C1)OCc1ccccc1.[Pd]. The molecule has 12 N–H and O–H groups in total. The van der Waals surface area contributed by atoms with Crippen LogP contribution < -0.4 is 27.4 Å². The molecule has 5 aliphatic carbocycles. The zero-order valence-electron chi connectivity index (χ0n) is 40.3. The summed E-state index contributed by atoms with van der Waals surface area (Å²) in [6.45, 7) is 8.69. The first-order valence-corrected chi connectivity index (χ1v) is 24.1. The number of amides is 1. The van der Waals surface area contributed by atoms with Gasteiger partial charge in [0.1, 0.15) is 6.61 Å². The van der Waals surface area contributed by atoms with Crippen LogP contribution in [0.25, 0.3) is 0 Å². The third-order valence-electron chi connectivity index (χ3n) is 13.0. The molecule has 388 valence electrons. The molecule has 0 radical (unpaired) electrons. The zero-order chi connectivity index (χ0) is 47.5. The van der Waals surface area contributed by atoms with Gasteiger partial charge < -0.3 is 48.2 Å². The second-order valence-corrected chi connectivity index (χ2v) is 18.7. The molecule has 5 fully saturated rings. The molecule has 5 aliphatic rings. The molecule has 8 rings (SSSR count). The van der Waals surface area contributed by atoms with E-state index in [0.717, 1.165) is 113 Å². The summed E-state index contributed by atoms with van der Waals surface area (Å²) < 4.78 is 29.4. The topological polar surface area (TPSA) is 232 Å². The number of ether oxygens (including phenoxy) is 1. The molecule has 0 saturated heterocycles. The summed E-state index contributed by atoms with van der Waals surface area (Å²) in [5, 5.41) is 18.4. The molecule has 15 heteroatoms. The van der Waals surface area contributed by atoms with Gasteiger partial charge in [0.15, 0.2) is 11.6 Å². The van der Waals surface area contributed by atoms with Gasteiger partial charge in [-0.1, -0.05) is 115 Å².